The molecule has 1 aromatic heterocycles. The molecule has 1 heterocycles. The van der Waals surface area contributed by atoms with E-state index in [2.05, 4.69) is 4.98 Å². The molecule has 3 N–H and O–H groups in total. The van der Waals surface area contributed by atoms with Crippen molar-refractivity contribution in [1.29, 1.82) is 0 Å². The molecule has 0 saturated heterocycles. The van der Waals surface area contributed by atoms with Crippen molar-refractivity contribution >= 4 is 6.29 Å². The predicted octanol–water partition coefficient (Wildman–Crippen LogP) is 0.367. The van der Waals surface area contributed by atoms with Gasteiger partial charge in [0, 0.05) is 23.9 Å². The van der Waals surface area contributed by atoms with Crippen LogP contribution in [0.25, 0.3) is 0 Å². The van der Waals surface area contributed by atoms with Gasteiger partial charge in [0.25, 0.3) is 0 Å². The Kier molecular flexibility index (Phi) is 2.40. The average Bonchev–Trinajstić information content (AvgIpc) is 2.09. The maximum atomic E-state index is 10.4. The number of aldehydes is 1. The summed E-state index contributed by atoms with van der Waals surface area (Å²) in [5.41, 5.74) is 6.64. The van der Waals surface area contributed by atoms with Crippen LogP contribution in [0.15, 0.2) is 6.20 Å². The molecule has 0 spiro atoms. The Labute approximate surface area is 70.0 Å². The van der Waals surface area contributed by atoms with Gasteiger partial charge < -0.3 is 10.8 Å². The van der Waals surface area contributed by atoms with Crippen LogP contribution in [0.1, 0.15) is 21.6 Å². The van der Waals surface area contributed by atoms with Crippen molar-refractivity contribution < 1.29 is 9.90 Å². The van der Waals surface area contributed by atoms with Crippen LogP contribution in [0.4, 0.5) is 0 Å². The summed E-state index contributed by atoms with van der Waals surface area (Å²) in [5, 5.41) is 9.41. The summed E-state index contributed by atoms with van der Waals surface area (Å²) < 4.78 is 0. The van der Waals surface area contributed by atoms with Gasteiger partial charge in [0.1, 0.15) is 5.75 Å². The zero-order chi connectivity index (χ0) is 9.14. The average molecular weight is 166 g/mol. The fourth-order valence-electron chi connectivity index (χ4n) is 0.977. The molecule has 12 heavy (non-hydrogen) atoms. The highest BCUT2D eigenvalue weighted by atomic mass is 16.3. The van der Waals surface area contributed by atoms with Crippen LogP contribution in [0.2, 0.25) is 0 Å². The van der Waals surface area contributed by atoms with Crippen molar-refractivity contribution in [1.82, 2.24) is 4.98 Å². The second-order valence-corrected chi connectivity index (χ2v) is 2.45. The van der Waals surface area contributed by atoms with Gasteiger partial charge >= 0.3 is 0 Å². The van der Waals surface area contributed by atoms with Crippen molar-refractivity contribution in [3.05, 3.63) is 23.0 Å². The molecular formula is C8H10N2O2. The lowest BCUT2D eigenvalue weighted by Crippen LogP contribution is -2.03. The number of pyridine rings is 1. The molecular weight excluding hydrogens is 156 g/mol. The number of aryl methyl sites for hydroxylation is 1. The molecule has 0 aliphatic rings. The van der Waals surface area contributed by atoms with Crippen molar-refractivity contribution in [2.24, 2.45) is 5.73 Å². The molecule has 1 aromatic rings. The van der Waals surface area contributed by atoms with Crippen LogP contribution in [0, 0.1) is 6.92 Å². The zero-order valence-electron chi connectivity index (χ0n) is 6.74. The second-order valence-electron chi connectivity index (χ2n) is 2.45. The zero-order valence-corrected chi connectivity index (χ0v) is 6.74. The molecule has 0 bridgehead atoms. The van der Waals surface area contributed by atoms with Gasteiger partial charge in [-0.25, -0.2) is 0 Å². The molecule has 4 nitrogen and oxygen atoms in total. The number of hydrogen-bond acceptors (Lipinski definition) is 4. The van der Waals surface area contributed by atoms with Gasteiger partial charge in [-0.2, -0.15) is 0 Å². The summed E-state index contributed by atoms with van der Waals surface area (Å²) in [5.74, 6) is 0.0158. The van der Waals surface area contributed by atoms with Gasteiger partial charge in [0.2, 0.25) is 0 Å². The van der Waals surface area contributed by atoms with Gasteiger partial charge in [-0.3, -0.25) is 9.78 Å². The molecule has 0 atom stereocenters. The van der Waals surface area contributed by atoms with E-state index in [1.807, 2.05) is 0 Å². The third-order valence-electron chi connectivity index (χ3n) is 1.71. The van der Waals surface area contributed by atoms with Crippen LogP contribution in [0.3, 0.4) is 0 Å². The quantitative estimate of drug-likeness (QED) is 0.622. The Morgan fingerprint density at radius 2 is 2.42 bits per heavy atom. The normalized spacial score (nSPS) is 9.83. The standard InChI is InChI=1S/C8H10N2O2/c1-5-8(12)7(2-9)6(4-11)3-10-5/h3-4,12H,2,9H2,1H3. The second kappa shape index (κ2) is 3.32. The first-order chi connectivity index (χ1) is 5.70. The number of aromatic nitrogens is 1. The lowest BCUT2D eigenvalue weighted by Gasteiger charge is -2.05. The van der Waals surface area contributed by atoms with E-state index in [1.165, 1.54) is 6.20 Å². The molecule has 0 fully saturated rings. The first-order valence-corrected chi connectivity index (χ1v) is 3.53. The Balaban J connectivity index is 3.35. The Bertz CT molecular complexity index is 310. The maximum Gasteiger partial charge on any atom is 0.152 e. The first kappa shape index (κ1) is 8.67. The number of hydrogen-bond donors (Lipinski definition) is 2. The smallest absolute Gasteiger partial charge is 0.152 e. The third-order valence-corrected chi connectivity index (χ3v) is 1.71. The highest BCUT2D eigenvalue weighted by Gasteiger charge is 2.08. The Morgan fingerprint density at radius 1 is 1.75 bits per heavy atom. The fraction of sp³-hybridized carbons (Fsp3) is 0.250. The van der Waals surface area contributed by atoms with Crippen LogP contribution >= 0.6 is 0 Å². The monoisotopic (exact) mass is 166 g/mol. The Hall–Kier alpha value is -1.42. The number of rotatable bonds is 2. The van der Waals surface area contributed by atoms with E-state index in [0.29, 0.717) is 23.1 Å². The molecule has 4 heteroatoms. The number of carbonyl (C=O) groups excluding carboxylic acids is 1. The van der Waals surface area contributed by atoms with Crippen molar-refractivity contribution in [3.8, 4) is 5.75 Å². The van der Waals surface area contributed by atoms with Crippen molar-refractivity contribution in [2.75, 3.05) is 0 Å². The molecule has 64 valence electrons. The van der Waals surface area contributed by atoms with Crippen molar-refractivity contribution in [3.63, 3.8) is 0 Å². The van der Waals surface area contributed by atoms with Gasteiger partial charge in [-0.05, 0) is 6.92 Å². The van der Waals surface area contributed by atoms with Gasteiger partial charge in [-0.1, -0.05) is 0 Å². The molecule has 0 radical (unpaired) electrons. The minimum atomic E-state index is 0.0158. The van der Waals surface area contributed by atoms with Crippen LogP contribution in [-0.2, 0) is 6.54 Å². The van der Waals surface area contributed by atoms with Gasteiger partial charge in [0.15, 0.2) is 6.29 Å². The van der Waals surface area contributed by atoms with Crippen LogP contribution < -0.4 is 5.73 Å². The summed E-state index contributed by atoms with van der Waals surface area (Å²) >= 11 is 0. The molecule has 1 rings (SSSR count). The lowest BCUT2D eigenvalue weighted by atomic mass is 10.1. The molecule has 0 aliphatic heterocycles. The predicted molar refractivity (Wildman–Crippen MR) is 43.9 cm³/mol. The highest BCUT2D eigenvalue weighted by Crippen LogP contribution is 2.21. The number of nitrogens with two attached hydrogens (primary N) is 1. The minimum absolute atomic E-state index is 0.0158. The van der Waals surface area contributed by atoms with E-state index in [1.54, 1.807) is 6.92 Å². The van der Waals surface area contributed by atoms with Crippen LogP contribution in [-0.4, -0.2) is 16.4 Å². The van der Waals surface area contributed by atoms with Crippen LogP contribution in [0.5, 0.6) is 5.75 Å². The SMILES string of the molecule is Cc1ncc(C=O)c(CN)c1O. The van der Waals surface area contributed by atoms with E-state index in [9.17, 15) is 9.90 Å². The van der Waals surface area contributed by atoms with Gasteiger partial charge in [0.05, 0.1) is 5.69 Å². The van der Waals surface area contributed by atoms with Gasteiger partial charge in [-0.15, -0.1) is 0 Å². The summed E-state index contributed by atoms with van der Waals surface area (Å²) in [7, 11) is 0. The number of carbonyl (C=O) groups is 1. The molecule has 0 aliphatic carbocycles. The number of nitrogens with zero attached hydrogens (tertiary/aromatic N) is 1. The number of aromatic hydroxyl groups is 1. The highest BCUT2D eigenvalue weighted by molar-refractivity contribution is 5.78. The van der Waals surface area contributed by atoms with E-state index >= 15 is 0 Å². The maximum absolute atomic E-state index is 10.4. The molecule has 0 saturated carbocycles. The molecule has 0 aromatic carbocycles. The van der Waals surface area contributed by atoms with Crippen molar-refractivity contribution in [2.45, 2.75) is 13.5 Å². The lowest BCUT2D eigenvalue weighted by molar-refractivity contribution is 0.112. The fourth-order valence-corrected chi connectivity index (χ4v) is 0.977. The summed E-state index contributed by atoms with van der Waals surface area (Å²) in [4.78, 5) is 14.3. The third kappa shape index (κ3) is 1.29. The summed E-state index contributed by atoms with van der Waals surface area (Å²) in [6, 6.07) is 0. The molecule has 0 amide bonds. The largest absolute Gasteiger partial charge is 0.506 e. The topological polar surface area (TPSA) is 76.2 Å². The van der Waals surface area contributed by atoms with E-state index in [-0.39, 0.29) is 12.3 Å². The summed E-state index contributed by atoms with van der Waals surface area (Å²) in [6.07, 6.45) is 2.04. The molecule has 0 unspecified atom stereocenters. The Morgan fingerprint density at radius 3 is 2.92 bits per heavy atom. The first-order valence-electron chi connectivity index (χ1n) is 3.53. The van der Waals surface area contributed by atoms with E-state index in [4.69, 9.17) is 5.73 Å². The minimum Gasteiger partial charge on any atom is -0.506 e. The van der Waals surface area contributed by atoms with E-state index in [0.717, 1.165) is 0 Å². The summed E-state index contributed by atoms with van der Waals surface area (Å²) in [6.45, 7) is 1.80. The van der Waals surface area contributed by atoms with E-state index < -0.39 is 0 Å².